The molecule has 0 radical (unpaired) electrons. The highest BCUT2D eigenvalue weighted by Crippen LogP contribution is 2.31. The smallest absolute Gasteiger partial charge is 0.253 e. The summed E-state index contributed by atoms with van der Waals surface area (Å²) in [5.41, 5.74) is 3.97. The van der Waals surface area contributed by atoms with E-state index in [0.29, 0.717) is 30.3 Å². The largest absolute Gasteiger partial charge is 0.309 e. The summed E-state index contributed by atoms with van der Waals surface area (Å²) in [6.07, 6.45) is 1.11. The van der Waals surface area contributed by atoms with Crippen molar-refractivity contribution in [1.82, 2.24) is 19.1 Å². The van der Waals surface area contributed by atoms with Crippen molar-refractivity contribution in [2.24, 2.45) is 0 Å². The molecule has 1 fully saturated rings. The number of carbonyl (C=O) groups excluding carboxylic acids is 1. The number of rotatable bonds is 5. The number of carbonyl (C=O) groups is 1. The van der Waals surface area contributed by atoms with Crippen molar-refractivity contribution in [2.45, 2.75) is 43.9 Å². The molecule has 8 nitrogen and oxygen atoms in total. The molecule has 11 heteroatoms. The predicted octanol–water partition coefficient (Wildman–Crippen LogP) is 4.26. The average molecular weight is 502 g/mol. The van der Waals surface area contributed by atoms with Gasteiger partial charge >= 0.3 is 0 Å². The zero-order chi connectivity index (χ0) is 23.3. The first kappa shape index (κ1) is 22.2. The number of aromatic nitrogens is 3. The molecular formula is C22H23N5O3S3. The molecule has 1 N–H and O–H groups in total. The summed E-state index contributed by atoms with van der Waals surface area (Å²) >= 11 is 2.66. The highest BCUT2D eigenvalue weighted by Gasteiger charge is 2.40. The van der Waals surface area contributed by atoms with Gasteiger partial charge in [-0.2, -0.15) is 14.1 Å². The number of hydrogen-bond donors (Lipinski definition) is 1. The Bertz CT molecular complexity index is 1420. The van der Waals surface area contributed by atoms with Crippen LogP contribution < -0.4 is 5.32 Å². The first-order valence-electron chi connectivity index (χ1n) is 10.5. The molecule has 0 spiro atoms. The fourth-order valence-corrected chi connectivity index (χ4v) is 7.81. The van der Waals surface area contributed by atoms with Crippen LogP contribution in [0.5, 0.6) is 0 Å². The maximum atomic E-state index is 13.2. The van der Waals surface area contributed by atoms with Crippen LogP contribution in [-0.2, 0) is 14.8 Å². The van der Waals surface area contributed by atoms with Gasteiger partial charge in [0.1, 0.15) is 16.1 Å². The van der Waals surface area contributed by atoms with E-state index < -0.39 is 16.1 Å². The Morgan fingerprint density at radius 1 is 1.18 bits per heavy atom. The maximum Gasteiger partial charge on any atom is 0.253 e. The number of thiazole rings is 1. The zero-order valence-electron chi connectivity index (χ0n) is 18.4. The van der Waals surface area contributed by atoms with Crippen LogP contribution in [0.2, 0.25) is 0 Å². The van der Waals surface area contributed by atoms with Crippen LogP contribution in [-0.4, -0.2) is 46.0 Å². The van der Waals surface area contributed by atoms with Gasteiger partial charge in [-0.1, -0.05) is 17.4 Å². The van der Waals surface area contributed by atoms with Crippen LogP contribution in [0.4, 0.5) is 5.82 Å². The van der Waals surface area contributed by atoms with Gasteiger partial charge in [-0.3, -0.25) is 4.79 Å². The Balaban J connectivity index is 1.44. The van der Waals surface area contributed by atoms with Crippen molar-refractivity contribution in [2.75, 3.05) is 11.9 Å². The van der Waals surface area contributed by atoms with Crippen LogP contribution in [0.3, 0.4) is 0 Å². The lowest BCUT2D eigenvalue weighted by molar-refractivity contribution is -0.119. The van der Waals surface area contributed by atoms with Crippen molar-refractivity contribution < 1.29 is 13.2 Å². The third-order valence-electron chi connectivity index (χ3n) is 5.82. The molecule has 1 saturated heterocycles. The first-order chi connectivity index (χ1) is 15.7. The van der Waals surface area contributed by atoms with Gasteiger partial charge in [-0.25, -0.2) is 13.4 Å². The van der Waals surface area contributed by atoms with Crippen LogP contribution >= 0.6 is 22.7 Å². The van der Waals surface area contributed by atoms with E-state index in [9.17, 15) is 13.2 Å². The summed E-state index contributed by atoms with van der Waals surface area (Å²) in [4.78, 5) is 17.9. The molecule has 33 heavy (non-hydrogen) atoms. The Morgan fingerprint density at radius 2 is 1.97 bits per heavy atom. The normalized spacial score (nSPS) is 17.1. The number of sulfonamides is 1. The van der Waals surface area contributed by atoms with Gasteiger partial charge in [0.15, 0.2) is 0 Å². The van der Waals surface area contributed by atoms with E-state index in [-0.39, 0.29) is 10.1 Å². The fraction of sp³-hybridized carbons (Fsp3) is 0.318. The molecule has 0 saturated carbocycles. The second-order valence-corrected chi connectivity index (χ2v) is 12.3. The minimum atomic E-state index is -3.71. The van der Waals surface area contributed by atoms with Crippen molar-refractivity contribution in [3.63, 3.8) is 0 Å². The van der Waals surface area contributed by atoms with Crippen LogP contribution in [0, 0.1) is 20.8 Å². The van der Waals surface area contributed by atoms with Crippen LogP contribution in [0.1, 0.15) is 29.7 Å². The molecule has 172 valence electrons. The van der Waals surface area contributed by atoms with Gasteiger partial charge in [0.2, 0.25) is 11.0 Å². The standard InChI is InChI=1S/C22H23N5O3S3/c1-13-10-16-18(11-14(13)2)32-22(23-16)27-19(12-15(3)25-27)24-21(28)17-6-4-8-26(17)33(29,30)20-7-5-9-31-20/h5,7,9-12,17H,4,6,8H2,1-3H3,(H,24,28). The van der Waals surface area contributed by atoms with E-state index in [1.54, 1.807) is 28.3 Å². The minimum Gasteiger partial charge on any atom is -0.309 e. The van der Waals surface area contributed by atoms with Gasteiger partial charge in [0, 0.05) is 12.6 Å². The number of fused-ring (bicyclic) bond motifs is 1. The van der Waals surface area contributed by atoms with Crippen LogP contribution in [0.15, 0.2) is 39.9 Å². The Morgan fingerprint density at radius 3 is 2.73 bits per heavy atom. The van der Waals surface area contributed by atoms with Gasteiger partial charge in [-0.05, 0) is 68.3 Å². The number of aryl methyl sites for hydroxylation is 3. The van der Waals surface area contributed by atoms with Crippen molar-refractivity contribution >= 4 is 54.6 Å². The Kier molecular flexibility index (Phi) is 5.60. The lowest BCUT2D eigenvalue weighted by Crippen LogP contribution is -2.43. The van der Waals surface area contributed by atoms with E-state index in [4.69, 9.17) is 4.98 Å². The lowest BCUT2D eigenvalue weighted by Gasteiger charge is -2.22. The summed E-state index contributed by atoms with van der Waals surface area (Å²) in [6, 6.07) is 8.43. The van der Waals surface area contributed by atoms with Gasteiger partial charge in [0.25, 0.3) is 10.0 Å². The Hall–Kier alpha value is -2.60. The van der Waals surface area contributed by atoms with Gasteiger partial charge in [-0.15, -0.1) is 11.3 Å². The van der Waals surface area contributed by atoms with Crippen molar-refractivity contribution in [3.8, 4) is 5.13 Å². The second kappa shape index (κ2) is 8.32. The van der Waals surface area contributed by atoms with Gasteiger partial charge < -0.3 is 5.32 Å². The molecule has 4 heterocycles. The van der Waals surface area contributed by atoms with E-state index >= 15 is 0 Å². The van der Waals surface area contributed by atoms with E-state index in [1.165, 1.54) is 21.2 Å². The van der Waals surface area contributed by atoms with E-state index in [2.05, 4.69) is 30.3 Å². The van der Waals surface area contributed by atoms with Crippen molar-refractivity contribution in [1.29, 1.82) is 0 Å². The quantitative estimate of drug-likeness (QED) is 0.441. The summed E-state index contributed by atoms with van der Waals surface area (Å²) in [5, 5.41) is 9.81. The summed E-state index contributed by atoms with van der Waals surface area (Å²) in [5.74, 6) is 0.118. The summed E-state index contributed by atoms with van der Waals surface area (Å²) < 4.78 is 30.3. The fourth-order valence-electron chi connectivity index (χ4n) is 4.02. The molecule has 5 rings (SSSR count). The number of amides is 1. The second-order valence-electron chi connectivity index (χ2n) is 8.18. The molecule has 3 aromatic heterocycles. The lowest BCUT2D eigenvalue weighted by atomic mass is 10.1. The number of anilines is 1. The first-order valence-corrected chi connectivity index (χ1v) is 13.7. The topological polar surface area (TPSA) is 97.2 Å². The number of hydrogen-bond acceptors (Lipinski definition) is 7. The minimum absolute atomic E-state index is 0.253. The Labute approximate surface area is 199 Å². The van der Waals surface area contributed by atoms with E-state index in [0.717, 1.165) is 32.8 Å². The van der Waals surface area contributed by atoms with Crippen molar-refractivity contribution in [3.05, 3.63) is 52.5 Å². The molecular weight excluding hydrogens is 478 g/mol. The molecule has 4 aromatic rings. The molecule has 1 aromatic carbocycles. The monoisotopic (exact) mass is 501 g/mol. The van der Waals surface area contributed by atoms with E-state index in [1.807, 2.05) is 13.0 Å². The SMILES string of the molecule is Cc1cc(NC(=O)C2CCCN2S(=O)(=O)c2cccs2)n(-c2nc3cc(C)c(C)cc3s2)n1. The number of thiophene rings is 1. The maximum absolute atomic E-state index is 13.2. The molecule has 1 aliphatic heterocycles. The summed E-state index contributed by atoms with van der Waals surface area (Å²) in [6.45, 7) is 6.29. The molecule has 1 aliphatic rings. The average Bonchev–Trinajstić information content (AvgIpc) is 3.55. The molecule has 1 atom stereocenters. The third kappa shape index (κ3) is 3.99. The van der Waals surface area contributed by atoms with Crippen LogP contribution in [0.25, 0.3) is 15.3 Å². The molecule has 0 aliphatic carbocycles. The van der Waals surface area contributed by atoms with Gasteiger partial charge in [0.05, 0.1) is 15.9 Å². The molecule has 0 bridgehead atoms. The zero-order valence-corrected chi connectivity index (χ0v) is 20.9. The third-order valence-corrected chi connectivity index (χ3v) is 10.1. The predicted molar refractivity (Wildman–Crippen MR) is 131 cm³/mol. The molecule has 1 unspecified atom stereocenters. The number of nitrogens with zero attached hydrogens (tertiary/aromatic N) is 4. The highest BCUT2D eigenvalue weighted by molar-refractivity contribution is 7.91. The summed E-state index contributed by atoms with van der Waals surface area (Å²) in [7, 11) is -3.71. The highest BCUT2D eigenvalue weighted by atomic mass is 32.2. The number of benzene rings is 1. The number of nitrogens with one attached hydrogen (secondary N) is 1. The molecule has 1 amide bonds.